The van der Waals surface area contributed by atoms with Gasteiger partial charge in [-0.05, 0) is 42.8 Å². The number of amides is 1. The molecular weight excluding hydrogens is 342 g/mol. The summed E-state index contributed by atoms with van der Waals surface area (Å²) >= 11 is 5.84. The highest BCUT2D eigenvalue weighted by molar-refractivity contribution is 6.31. The number of nitrogens with one attached hydrogen (secondary N) is 1. The summed E-state index contributed by atoms with van der Waals surface area (Å²) in [6, 6.07) is 11.7. The lowest BCUT2D eigenvalue weighted by atomic mass is 10.1. The zero-order valence-electron chi connectivity index (χ0n) is 13.2. The van der Waals surface area contributed by atoms with E-state index < -0.39 is 5.91 Å². The number of carbonyl (C=O) groups is 1. The first-order chi connectivity index (χ1) is 12.0. The summed E-state index contributed by atoms with van der Waals surface area (Å²) in [5, 5.41) is 18.2. The molecule has 0 saturated heterocycles. The molecule has 126 valence electrons. The Balaban J connectivity index is 1.73. The lowest BCUT2D eigenvalue weighted by Gasteiger charge is -2.06. The van der Waals surface area contributed by atoms with E-state index in [2.05, 4.69) is 20.6 Å². The highest BCUT2D eigenvalue weighted by Gasteiger charge is 2.11. The van der Waals surface area contributed by atoms with Crippen LogP contribution in [0.3, 0.4) is 0 Å². The molecule has 25 heavy (non-hydrogen) atoms. The van der Waals surface area contributed by atoms with Gasteiger partial charge in [0.15, 0.2) is 0 Å². The number of phenols is 1. The Bertz CT molecular complexity index is 921. The van der Waals surface area contributed by atoms with Crippen LogP contribution in [0.1, 0.15) is 22.8 Å². The van der Waals surface area contributed by atoms with Gasteiger partial charge in [-0.25, -0.2) is 15.1 Å². The van der Waals surface area contributed by atoms with Gasteiger partial charge in [0.2, 0.25) is 0 Å². The van der Waals surface area contributed by atoms with E-state index in [1.165, 1.54) is 24.5 Å². The number of hydrogen-bond donors (Lipinski definition) is 2. The molecule has 0 aliphatic carbocycles. The molecule has 0 bridgehead atoms. The fourth-order valence-corrected chi connectivity index (χ4v) is 2.32. The highest BCUT2D eigenvalue weighted by atomic mass is 35.5. The molecule has 0 radical (unpaired) electrons. The fraction of sp³-hybridized carbons (Fsp3) is 0.0588. The standard InChI is InChI=1S/C17H14ClN5O2/c1-11(12-2-5-14(6-3-12)23-10-19-9-20-23)21-22-17(25)15-8-13(18)4-7-16(15)24/h2-10,24H,1H3,(H,22,25)/b21-11-. The lowest BCUT2D eigenvalue weighted by Crippen LogP contribution is -2.19. The molecule has 0 spiro atoms. The van der Waals surface area contributed by atoms with Crippen molar-refractivity contribution >= 4 is 23.2 Å². The van der Waals surface area contributed by atoms with Crippen LogP contribution in [-0.2, 0) is 0 Å². The molecule has 2 aromatic carbocycles. The van der Waals surface area contributed by atoms with Crippen molar-refractivity contribution in [3.63, 3.8) is 0 Å². The number of carbonyl (C=O) groups excluding carboxylic acids is 1. The molecule has 0 fully saturated rings. The van der Waals surface area contributed by atoms with Gasteiger partial charge in [0.25, 0.3) is 5.91 Å². The van der Waals surface area contributed by atoms with Crippen LogP contribution in [0.4, 0.5) is 0 Å². The Kier molecular flexibility index (Phi) is 4.76. The Labute approximate surface area is 148 Å². The maximum absolute atomic E-state index is 12.1. The Morgan fingerprint density at radius 1 is 1.24 bits per heavy atom. The van der Waals surface area contributed by atoms with Gasteiger partial charge < -0.3 is 5.11 Å². The van der Waals surface area contributed by atoms with Crippen molar-refractivity contribution in [3.05, 3.63) is 71.3 Å². The van der Waals surface area contributed by atoms with Crippen molar-refractivity contribution in [3.8, 4) is 11.4 Å². The second kappa shape index (κ2) is 7.14. The number of phenolic OH excluding ortho intramolecular Hbond substituents is 1. The van der Waals surface area contributed by atoms with Crippen molar-refractivity contribution in [2.45, 2.75) is 6.92 Å². The number of aromatic nitrogens is 3. The van der Waals surface area contributed by atoms with Gasteiger partial charge in [-0.3, -0.25) is 4.79 Å². The van der Waals surface area contributed by atoms with Crippen LogP contribution in [0.15, 0.2) is 60.2 Å². The number of hydrogen-bond acceptors (Lipinski definition) is 5. The van der Waals surface area contributed by atoms with Gasteiger partial charge in [0.05, 0.1) is 17.0 Å². The van der Waals surface area contributed by atoms with Crippen LogP contribution in [0.5, 0.6) is 5.75 Å². The van der Waals surface area contributed by atoms with E-state index in [9.17, 15) is 9.90 Å². The van der Waals surface area contributed by atoms with Gasteiger partial charge in [-0.2, -0.15) is 10.2 Å². The molecule has 7 nitrogen and oxygen atoms in total. The summed E-state index contributed by atoms with van der Waals surface area (Å²) in [7, 11) is 0. The Hall–Kier alpha value is -3.19. The van der Waals surface area contributed by atoms with Gasteiger partial charge in [0.1, 0.15) is 18.4 Å². The van der Waals surface area contributed by atoms with Crippen molar-refractivity contribution in [1.29, 1.82) is 0 Å². The SMILES string of the molecule is C/C(=N/NC(=O)c1cc(Cl)ccc1O)c1ccc(-n2cncn2)cc1. The quantitative estimate of drug-likeness (QED) is 0.556. The third kappa shape index (κ3) is 3.84. The molecule has 8 heteroatoms. The minimum Gasteiger partial charge on any atom is -0.507 e. The smallest absolute Gasteiger partial charge is 0.275 e. The number of aromatic hydroxyl groups is 1. The first-order valence-corrected chi connectivity index (χ1v) is 7.71. The number of nitrogens with zero attached hydrogens (tertiary/aromatic N) is 4. The molecule has 3 aromatic rings. The summed E-state index contributed by atoms with van der Waals surface area (Å²) in [4.78, 5) is 16.0. The third-order valence-electron chi connectivity index (χ3n) is 3.50. The zero-order chi connectivity index (χ0) is 17.8. The molecule has 1 aromatic heterocycles. The largest absolute Gasteiger partial charge is 0.507 e. The van der Waals surface area contributed by atoms with Crippen molar-refractivity contribution in [1.82, 2.24) is 20.2 Å². The van der Waals surface area contributed by atoms with Gasteiger partial charge >= 0.3 is 0 Å². The van der Waals surface area contributed by atoms with E-state index >= 15 is 0 Å². The highest BCUT2D eigenvalue weighted by Crippen LogP contribution is 2.21. The minimum atomic E-state index is -0.543. The molecule has 2 N–H and O–H groups in total. The predicted octanol–water partition coefficient (Wildman–Crippen LogP) is 2.78. The average Bonchev–Trinajstić information content (AvgIpc) is 3.16. The Morgan fingerprint density at radius 3 is 2.68 bits per heavy atom. The maximum atomic E-state index is 12.1. The third-order valence-corrected chi connectivity index (χ3v) is 3.73. The number of hydrazone groups is 1. The molecule has 0 saturated carbocycles. The normalized spacial score (nSPS) is 11.4. The van der Waals surface area contributed by atoms with E-state index in [0.717, 1.165) is 11.3 Å². The zero-order valence-corrected chi connectivity index (χ0v) is 14.0. The summed E-state index contributed by atoms with van der Waals surface area (Å²) in [5.41, 5.74) is 4.78. The van der Waals surface area contributed by atoms with Crippen LogP contribution < -0.4 is 5.43 Å². The number of rotatable bonds is 4. The van der Waals surface area contributed by atoms with Crippen LogP contribution in [0, 0.1) is 0 Å². The van der Waals surface area contributed by atoms with Gasteiger partial charge in [-0.15, -0.1) is 0 Å². The number of benzene rings is 2. The molecular formula is C17H14ClN5O2. The van der Waals surface area contributed by atoms with Crippen LogP contribution in [0.25, 0.3) is 5.69 Å². The van der Waals surface area contributed by atoms with E-state index in [-0.39, 0.29) is 11.3 Å². The molecule has 1 amide bonds. The van der Waals surface area contributed by atoms with Crippen LogP contribution in [-0.4, -0.2) is 31.5 Å². The molecule has 0 unspecified atom stereocenters. The van der Waals surface area contributed by atoms with Gasteiger partial charge in [0, 0.05) is 5.02 Å². The second-order valence-electron chi connectivity index (χ2n) is 5.19. The summed E-state index contributed by atoms with van der Waals surface area (Å²) in [5.74, 6) is -0.703. The van der Waals surface area contributed by atoms with E-state index in [0.29, 0.717) is 10.7 Å². The van der Waals surface area contributed by atoms with E-state index in [4.69, 9.17) is 11.6 Å². The maximum Gasteiger partial charge on any atom is 0.275 e. The second-order valence-corrected chi connectivity index (χ2v) is 5.62. The van der Waals surface area contributed by atoms with Crippen molar-refractivity contribution in [2.24, 2.45) is 5.10 Å². The topological polar surface area (TPSA) is 92.4 Å². The fourth-order valence-electron chi connectivity index (χ4n) is 2.15. The minimum absolute atomic E-state index is 0.0607. The summed E-state index contributed by atoms with van der Waals surface area (Å²) < 4.78 is 1.64. The van der Waals surface area contributed by atoms with Crippen molar-refractivity contribution in [2.75, 3.05) is 0 Å². The monoisotopic (exact) mass is 355 g/mol. The van der Waals surface area contributed by atoms with Crippen LogP contribution >= 0.6 is 11.6 Å². The number of halogens is 1. The Morgan fingerprint density at radius 2 is 2.00 bits per heavy atom. The lowest BCUT2D eigenvalue weighted by molar-refractivity contribution is 0.0952. The van der Waals surface area contributed by atoms with Gasteiger partial charge in [-0.1, -0.05) is 23.7 Å². The summed E-state index contributed by atoms with van der Waals surface area (Å²) in [6.45, 7) is 1.77. The molecule has 1 heterocycles. The van der Waals surface area contributed by atoms with E-state index in [1.54, 1.807) is 17.9 Å². The van der Waals surface area contributed by atoms with Crippen LogP contribution in [0.2, 0.25) is 5.02 Å². The predicted molar refractivity (Wildman–Crippen MR) is 94.2 cm³/mol. The van der Waals surface area contributed by atoms with E-state index in [1.807, 2.05) is 24.3 Å². The van der Waals surface area contributed by atoms with Crippen molar-refractivity contribution < 1.29 is 9.90 Å². The average molecular weight is 356 g/mol. The molecule has 3 rings (SSSR count). The first kappa shape index (κ1) is 16.7. The molecule has 0 aliphatic heterocycles. The molecule has 0 aliphatic rings. The first-order valence-electron chi connectivity index (χ1n) is 7.33. The molecule has 0 atom stereocenters. The summed E-state index contributed by atoms with van der Waals surface area (Å²) in [6.07, 6.45) is 3.06.